The van der Waals surface area contributed by atoms with Gasteiger partial charge in [-0.15, -0.1) is 0 Å². The first kappa shape index (κ1) is 21.2. The number of imidazole rings is 1. The summed E-state index contributed by atoms with van der Waals surface area (Å²) in [6.45, 7) is 10.6. The van der Waals surface area contributed by atoms with Crippen molar-refractivity contribution in [3.05, 3.63) is 34.7 Å². The third-order valence-electron chi connectivity index (χ3n) is 3.37. The highest BCUT2D eigenvalue weighted by molar-refractivity contribution is 9.10. The van der Waals surface area contributed by atoms with Crippen LogP contribution < -0.4 is 0 Å². The van der Waals surface area contributed by atoms with E-state index < -0.39 is 23.4 Å². The van der Waals surface area contributed by atoms with E-state index in [1.54, 1.807) is 47.7 Å². The number of carbonyl (C=O) groups is 2. The van der Waals surface area contributed by atoms with Crippen LogP contribution >= 0.6 is 15.9 Å². The molecule has 2 amide bonds. The molecule has 0 aliphatic rings. The number of ether oxygens (including phenoxy) is 2. The Labute approximate surface area is 167 Å². The number of pyridine rings is 1. The molecule has 2 aromatic rings. The van der Waals surface area contributed by atoms with Gasteiger partial charge in [0.1, 0.15) is 16.8 Å². The fourth-order valence-electron chi connectivity index (χ4n) is 2.31. The number of nitrogens with zero attached hydrogens (tertiary/aromatic N) is 3. The second-order valence-corrected chi connectivity index (χ2v) is 9.10. The molecule has 0 aromatic carbocycles. The summed E-state index contributed by atoms with van der Waals surface area (Å²) in [6.07, 6.45) is 2.57. The van der Waals surface area contributed by atoms with E-state index in [2.05, 4.69) is 20.9 Å². The number of amides is 2. The SMILES string of the molecule is CC(C)(C)OC(=O)N(CCc1cnc2ccc(Br)cn12)C(=O)OC(C)(C)C. The van der Waals surface area contributed by atoms with Crippen molar-refractivity contribution >= 4 is 33.8 Å². The van der Waals surface area contributed by atoms with E-state index in [9.17, 15) is 9.59 Å². The Hall–Kier alpha value is -2.09. The molecule has 0 N–H and O–H groups in total. The van der Waals surface area contributed by atoms with E-state index in [1.807, 2.05) is 22.7 Å². The molecule has 0 spiro atoms. The summed E-state index contributed by atoms with van der Waals surface area (Å²) in [7, 11) is 0. The zero-order valence-corrected chi connectivity index (χ0v) is 18.2. The molecule has 27 heavy (non-hydrogen) atoms. The Morgan fingerprint density at radius 3 is 2.15 bits per heavy atom. The van der Waals surface area contributed by atoms with Gasteiger partial charge in [-0.25, -0.2) is 19.5 Å². The molecule has 7 nitrogen and oxygen atoms in total. The highest BCUT2D eigenvalue weighted by Crippen LogP contribution is 2.17. The Morgan fingerprint density at radius 1 is 1.07 bits per heavy atom. The van der Waals surface area contributed by atoms with Gasteiger partial charge in [0.05, 0.1) is 0 Å². The quantitative estimate of drug-likeness (QED) is 0.685. The average molecular weight is 440 g/mol. The van der Waals surface area contributed by atoms with Crippen LogP contribution in [0.5, 0.6) is 0 Å². The predicted molar refractivity (Wildman–Crippen MR) is 106 cm³/mol. The second kappa shape index (κ2) is 7.88. The number of hydrogen-bond donors (Lipinski definition) is 0. The van der Waals surface area contributed by atoms with E-state index in [1.165, 1.54) is 0 Å². The van der Waals surface area contributed by atoms with Crippen molar-refractivity contribution in [2.24, 2.45) is 0 Å². The molecule has 0 unspecified atom stereocenters. The lowest BCUT2D eigenvalue weighted by Crippen LogP contribution is -2.44. The van der Waals surface area contributed by atoms with Crippen molar-refractivity contribution < 1.29 is 19.1 Å². The molecule has 0 saturated carbocycles. The van der Waals surface area contributed by atoms with Gasteiger partial charge >= 0.3 is 12.2 Å². The molecule has 0 aliphatic carbocycles. The van der Waals surface area contributed by atoms with Gasteiger partial charge in [0, 0.05) is 35.5 Å². The molecule has 0 bridgehead atoms. The zero-order valence-electron chi connectivity index (χ0n) is 16.6. The van der Waals surface area contributed by atoms with Gasteiger partial charge < -0.3 is 13.9 Å². The summed E-state index contributed by atoms with van der Waals surface area (Å²) in [6, 6.07) is 3.78. The van der Waals surface area contributed by atoms with Gasteiger partial charge in [-0.3, -0.25) is 0 Å². The molecule has 0 fully saturated rings. The molecule has 2 rings (SSSR count). The van der Waals surface area contributed by atoms with E-state index >= 15 is 0 Å². The third kappa shape index (κ3) is 6.23. The maximum absolute atomic E-state index is 12.5. The highest BCUT2D eigenvalue weighted by atomic mass is 79.9. The van der Waals surface area contributed by atoms with Crippen LogP contribution in [0.4, 0.5) is 9.59 Å². The molecule has 2 aromatic heterocycles. The summed E-state index contributed by atoms with van der Waals surface area (Å²) in [5.74, 6) is 0. The summed E-state index contributed by atoms with van der Waals surface area (Å²) < 4.78 is 13.6. The van der Waals surface area contributed by atoms with E-state index in [0.717, 1.165) is 20.7 Å². The molecule has 0 radical (unpaired) electrons. The first-order chi connectivity index (χ1) is 12.4. The van der Waals surface area contributed by atoms with Crippen molar-refractivity contribution in [3.8, 4) is 0 Å². The van der Waals surface area contributed by atoms with E-state index in [-0.39, 0.29) is 6.54 Å². The van der Waals surface area contributed by atoms with Crippen LogP contribution in [-0.4, -0.2) is 44.2 Å². The lowest BCUT2D eigenvalue weighted by Gasteiger charge is -2.28. The van der Waals surface area contributed by atoms with E-state index in [4.69, 9.17) is 9.47 Å². The zero-order chi connectivity index (χ0) is 20.4. The van der Waals surface area contributed by atoms with Crippen molar-refractivity contribution in [1.82, 2.24) is 14.3 Å². The smallest absolute Gasteiger partial charge is 0.419 e. The maximum Gasteiger partial charge on any atom is 0.419 e. The van der Waals surface area contributed by atoms with Crippen LogP contribution in [0, 0.1) is 0 Å². The number of aromatic nitrogens is 2. The lowest BCUT2D eigenvalue weighted by atomic mass is 10.2. The average Bonchev–Trinajstić information content (AvgIpc) is 2.86. The van der Waals surface area contributed by atoms with Crippen molar-refractivity contribution in [2.45, 2.75) is 59.2 Å². The van der Waals surface area contributed by atoms with Crippen molar-refractivity contribution in [3.63, 3.8) is 0 Å². The van der Waals surface area contributed by atoms with Gasteiger partial charge in [0.25, 0.3) is 0 Å². The number of halogens is 1. The van der Waals surface area contributed by atoms with Crippen molar-refractivity contribution in [2.75, 3.05) is 6.54 Å². The molecular formula is C19H26BrN3O4. The Bertz CT molecular complexity index is 806. The van der Waals surface area contributed by atoms with Crippen molar-refractivity contribution in [1.29, 1.82) is 0 Å². The van der Waals surface area contributed by atoms with Crippen LogP contribution in [0.15, 0.2) is 29.0 Å². The number of hydrogen-bond acceptors (Lipinski definition) is 5. The topological polar surface area (TPSA) is 73.1 Å². The van der Waals surface area contributed by atoms with Crippen LogP contribution in [0.25, 0.3) is 5.65 Å². The minimum atomic E-state index is -0.730. The second-order valence-electron chi connectivity index (χ2n) is 8.19. The standard InChI is InChI=1S/C19H26BrN3O4/c1-18(2,3)26-16(24)22(17(25)27-19(4,5)6)10-9-14-11-21-15-8-7-13(20)12-23(14)15/h7-8,11-12H,9-10H2,1-6H3. The van der Waals surface area contributed by atoms with Crippen LogP contribution in [0.3, 0.4) is 0 Å². The minimum absolute atomic E-state index is 0.115. The minimum Gasteiger partial charge on any atom is -0.443 e. The van der Waals surface area contributed by atoms with Gasteiger partial charge in [-0.05, 0) is 69.6 Å². The van der Waals surface area contributed by atoms with Crippen LogP contribution in [-0.2, 0) is 15.9 Å². The Kier molecular flexibility index (Phi) is 6.19. The van der Waals surface area contributed by atoms with Crippen LogP contribution in [0.2, 0.25) is 0 Å². The summed E-state index contributed by atoms with van der Waals surface area (Å²) >= 11 is 3.44. The molecule has 8 heteroatoms. The lowest BCUT2D eigenvalue weighted by molar-refractivity contribution is 0.00167. The Balaban J connectivity index is 2.21. The highest BCUT2D eigenvalue weighted by Gasteiger charge is 2.31. The number of fused-ring (bicyclic) bond motifs is 1. The molecule has 0 aliphatic heterocycles. The molecule has 0 saturated heterocycles. The first-order valence-electron chi connectivity index (χ1n) is 8.71. The van der Waals surface area contributed by atoms with Gasteiger partial charge in [0.2, 0.25) is 0 Å². The maximum atomic E-state index is 12.5. The van der Waals surface area contributed by atoms with Gasteiger partial charge in [-0.2, -0.15) is 0 Å². The number of carbonyl (C=O) groups excluding carboxylic acids is 2. The Morgan fingerprint density at radius 2 is 1.63 bits per heavy atom. The number of rotatable bonds is 3. The van der Waals surface area contributed by atoms with Gasteiger partial charge in [0.15, 0.2) is 0 Å². The van der Waals surface area contributed by atoms with E-state index in [0.29, 0.717) is 6.42 Å². The molecule has 148 valence electrons. The summed E-state index contributed by atoms with van der Waals surface area (Å²) in [5.41, 5.74) is 0.217. The summed E-state index contributed by atoms with van der Waals surface area (Å²) in [5, 5.41) is 0. The predicted octanol–water partition coefficient (Wildman–Crippen LogP) is 4.81. The fraction of sp³-hybridized carbons (Fsp3) is 0.526. The third-order valence-corrected chi connectivity index (χ3v) is 3.83. The fourth-order valence-corrected chi connectivity index (χ4v) is 2.64. The van der Waals surface area contributed by atoms with Gasteiger partial charge in [-0.1, -0.05) is 0 Å². The first-order valence-corrected chi connectivity index (χ1v) is 9.50. The van der Waals surface area contributed by atoms with Crippen LogP contribution in [0.1, 0.15) is 47.2 Å². The number of imide groups is 1. The molecule has 2 heterocycles. The largest absolute Gasteiger partial charge is 0.443 e. The normalized spacial score (nSPS) is 12.1. The molecule has 0 atom stereocenters. The molecular weight excluding hydrogens is 414 g/mol. The summed E-state index contributed by atoms with van der Waals surface area (Å²) in [4.78, 5) is 30.4. The monoisotopic (exact) mass is 439 g/mol.